The number of alkyl halides is 2. The lowest BCUT2D eigenvalue weighted by Gasteiger charge is -2.10. The summed E-state index contributed by atoms with van der Waals surface area (Å²) in [4.78, 5) is 14.3. The van der Waals surface area contributed by atoms with Crippen LogP contribution in [0.2, 0.25) is 0 Å². The van der Waals surface area contributed by atoms with E-state index in [2.05, 4.69) is 9.72 Å². The Balaban J connectivity index is 3.54. The lowest BCUT2D eigenvalue weighted by atomic mass is 10.2. The standard InChI is InChI=1S/C9H5ClF2N2O2/c1-16-7-5(8(10)15)2-4(3-13)14-6(7)9(11)12/h2,9H,1H3. The smallest absolute Gasteiger partial charge is 0.284 e. The first-order valence-corrected chi connectivity index (χ1v) is 4.36. The quantitative estimate of drug-likeness (QED) is 0.768. The van der Waals surface area contributed by atoms with E-state index in [1.807, 2.05) is 0 Å². The zero-order chi connectivity index (χ0) is 12.3. The van der Waals surface area contributed by atoms with Crippen molar-refractivity contribution in [3.63, 3.8) is 0 Å². The molecule has 0 bridgehead atoms. The van der Waals surface area contributed by atoms with Gasteiger partial charge in [-0.05, 0) is 17.7 Å². The maximum atomic E-state index is 12.6. The van der Waals surface area contributed by atoms with E-state index in [0.717, 1.165) is 13.2 Å². The molecule has 0 aliphatic rings. The third-order valence-corrected chi connectivity index (χ3v) is 1.94. The second kappa shape index (κ2) is 4.86. The van der Waals surface area contributed by atoms with Crippen LogP contribution in [-0.2, 0) is 0 Å². The Morgan fingerprint density at radius 1 is 1.69 bits per heavy atom. The van der Waals surface area contributed by atoms with Gasteiger partial charge in [0.2, 0.25) is 0 Å². The molecule has 0 saturated carbocycles. The summed E-state index contributed by atoms with van der Waals surface area (Å²) in [6.07, 6.45) is -2.96. The van der Waals surface area contributed by atoms with Crippen LogP contribution in [0.3, 0.4) is 0 Å². The fraction of sp³-hybridized carbons (Fsp3) is 0.222. The highest BCUT2D eigenvalue weighted by Gasteiger charge is 2.23. The van der Waals surface area contributed by atoms with E-state index in [1.54, 1.807) is 6.07 Å². The molecule has 0 spiro atoms. The minimum atomic E-state index is -2.96. The Kier molecular flexibility index (Phi) is 3.74. The van der Waals surface area contributed by atoms with Crippen LogP contribution in [0.15, 0.2) is 6.07 Å². The summed E-state index contributed by atoms with van der Waals surface area (Å²) in [5, 5.41) is 7.57. The van der Waals surface area contributed by atoms with Crippen molar-refractivity contribution in [1.82, 2.24) is 4.98 Å². The Bertz CT molecular complexity index is 471. The van der Waals surface area contributed by atoms with Gasteiger partial charge < -0.3 is 4.74 Å². The number of hydrogen-bond acceptors (Lipinski definition) is 4. The number of halogens is 3. The molecule has 16 heavy (non-hydrogen) atoms. The summed E-state index contributed by atoms with van der Waals surface area (Å²) in [7, 11) is 1.11. The number of pyridine rings is 1. The molecule has 84 valence electrons. The van der Waals surface area contributed by atoms with Crippen molar-refractivity contribution in [2.24, 2.45) is 0 Å². The number of nitrogens with zero attached hydrogens (tertiary/aromatic N) is 2. The van der Waals surface area contributed by atoms with Crippen LogP contribution in [0.4, 0.5) is 8.78 Å². The molecule has 4 nitrogen and oxygen atoms in total. The van der Waals surface area contributed by atoms with Gasteiger partial charge in [-0.3, -0.25) is 4.79 Å². The average Bonchev–Trinajstić information content (AvgIpc) is 2.26. The van der Waals surface area contributed by atoms with Gasteiger partial charge in [-0.1, -0.05) is 0 Å². The van der Waals surface area contributed by atoms with Gasteiger partial charge in [0.1, 0.15) is 11.8 Å². The van der Waals surface area contributed by atoms with E-state index in [0.29, 0.717) is 0 Å². The van der Waals surface area contributed by atoms with Crippen LogP contribution in [0.5, 0.6) is 5.75 Å². The molecule has 1 rings (SSSR count). The fourth-order valence-corrected chi connectivity index (χ4v) is 1.26. The van der Waals surface area contributed by atoms with Crippen molar-refractivity contribution >= 4 is 16.8 Å². The van der Waals surface area contributed by atoms with E-state index < -0.39 is 23.1 Å². The van der Waals surface area contributed by atoms with Crippen LogP contribution in [0, 0.1) is 11.3 Å². The normalized spacial score (nSPS) is 10.0. The average molecular weight is 247 g/mol. The number of hydrogen-bond donors (Lipinski definition) is 0. The fourth-order valence-electron chi connectivity index (χ4n) is 1.12. The molecular formula is C9H5ClF2N2O2. The predicted molar refractivity (Wildman–Crippen MR) is 50.6 cm³/mol. The highest BCUT2D eigenvalue weighted by molar-refractivity contribution is 6.68. The lowest BCUT2D eigenvalue weighted by molar-refractivity contribution is 0.107. The van der Waals surface area contributed by atoms with Gasteiger partial charge >= 0.3 is 0 Å². The van der Waals surface area contributed by atoms with Crippen LogP contribution < -0.4 is 4.74 Å². The maximum absolute atomic E-state index is 12.6. The molecule has 0 N–H and O–H groups in total. The number of methoxy groups -OCH3 is 1. The Labute approximate surface area is 94.4 Å². The molecule has 0 atom stereocenters. The molecule has 1 aromatic heterocycles. The van der Waals surface area contributed by atoms with E-state index >= 15 is 0 Å². The Morgan fingerprint density at radius 2 is 2.31 bits per heavy atom. The van der Waals surface area contributed by atoms with Crippen molar-refractivity contribution in [3.05, 3.63) is 23.0 Å². The summed E-state index contributed by atoms with van der Waals surface area (Å²) < 4.78 is 29.8. The monoisotopic (exact) mass is 246 g/mol. The number of ether oxygens (including phenoxy) is 1. The summed E-state index contributed by atoms with van der Waals surface area (Å²) in [5.74, 6) is -0.408. The van der Waals surface area contributed by atoms with Gasteiger partial charge in [0, 0.05) is 0 Å². The minimum absolute atomic E-state index is 0.300. The van der Waals surface area contributed by atoms with Gasteiger partial charge in [0.15, 0.2) is 11.4 Å². The number of carbonyl (C=O) groups excluding carboxylic acids is 1. The van der Waals surface area contributed by atoms with Gasteiger partial charge in [-0.25, -0.2) is 13.8 Å². The van der Waals surface area contributed by atoms with Crippen molar-refractivity contribution < 1.29 is 18.3 Å². The van der Waals surface area contributed by atoms with E-state index in [4.69, 9.17) is 16.9 Å². The second-order valence-corrected chi connectivity index (χ2v) is 3.00. The molecule has 1 aromatic rings. The van der Waals surface area contributed by atoms with E-state index in [1.165, 1.54) is 0 Å². The van der Waals surface area contributed by atoms with Crippen molar-refractivity contribution in [3.8, 4) is 11.8 Å². The van der Waals surface area contributed by atoms with Crippen LogP contribution in [0.1, 0.15) is 28.2 Å². The number of rotatable bonds is 3. The van der Waals surface area contributed by atoms with Gasteiger partial charge in [-0.15, -0.1) is 0 Å². The van der Waals surface area contributed by atoms with Crippen LogP contribution >= 0.6 is 11.6 Å². The zero-order valence-corrected chi connectivity index (χ0v) is 8.76. The first-order valence-electron chi connectivity index (χ1n) is 3.98. The number of aromatic nitrogens is 1. The maximum Gasteiger partial charge on any atom is 0.284 e. The lowest BCUT2D eigenvalue weighted by Crippen LogP contribution is -2.05. The van der Waals surface area contributed by atoms with E-state index in [-0.39, 0.29) is 11.3 Å². The molecule has 1 heterocycles. The van der Waals surface area contributed by atoms with Gasteiger partial charge in [0.25, 0.3) is 11.7 Å². The minimum Gasteiger partial charge on any atom is -0.494 e. The second-order valence-electron chi connectivity index (χ2n) is 2.66. The van der Waals surface area contributed by atoms with Crippen LogP contribution in [-0.4, -0.2) is 17.3 Å². The van der Waals surface area contributed by atoms with Crippen molar-refractivity contribution in [2.45, 2.75) is 6.43 Å². The first kappa shape index (κ1) is 12.3. The summed E-state index contributed by atoms with van der Waals surface area (Å²) in [5.41, 5.74) is -1.39. The van der Waals surface area contributed by atoms with Crippen molar-refractivity contribution in [2.75, 3.05) is 7.11 Å². The topological polar surface area (TPSA) is 63.0 Å². The highest BCUT2D eigenvalue weighted by atomic mass is 35.5. The molecular weight excluding hydrogens is 242 g/mol. The largest absolute Gasteiger partial charge is 0.494 e. The molecule has 0 amide bonds. The molecule has 0 radical (unpaired) electrons. The number of nitriles is 1. The predicted octanol–water partition coefficient (Wildman–Crippen LogP) is 2.28. The van der Waals surface area contributed by atoms with Crippen molar-refractivity contribution in [1.29, 1.82) is 5.26 Å². The van der Waals surface area contributed by atoms with Gasteiger partial charge in [0.05, 0.1) is 12.7 Å². The third-order valence-electron chi connectivity index (χ3n) is 1.74. The summed E-state index contributed by atoms with van der Waals surface area (Å²) in [6.45, 7) is 0. The molecule has 0 aromatic carbocycles. The summed E-state index contributed by atoms with van der Waals surface area (Å²) in [6, 6.07) is 2.56. The SMILES string of the molecule is COc1c(C(=O)Cl)cc(C#N)nc1C(F)F. The Hall–Kier alpha value is -1.74. The first-order chi connectivity index (χ1) is 7.51. The molecule has 0 fully saturated rings. The highest BCUT2D eigenvalue weighted by Crippen LogP contribution is 2.31. The number of carbonyl (C=O) groups is 1. The Morgan fingerprint density at radius 3 is 2.69 bits per heavy atom. The van der Waals surface area contributed by atoms with Gasteiger partial charge in [-0.2, -0.15) is 5.26 Å². The molecule has 7 heteroatoms. The third kappa shape index (κ3) is 2.25. The molecule has 0 unspecified atom stereocenters. The molecule has 0 saturated heterocycles. The molecule has 0 aliphatic heterocycles. The zero-order valence-electron chi connectivity index (χ0n) is 8.00. The van der Waals surface area contributed by atoms with E-state index in [9.17, 15) is 13.6 Å². The summed E-state index contributed by atoms with van der Waals surface area (Å²) >= 11 is 5.19. The van der Waals surface area contributed by atoms with Crippen LogP contribution in [0.25, 0.3) is 0 Å². The molecule has 0 aliphatic carbocycles.